The number of rotatable bonds is 4. The molecule has 0 amide bonds. The molecule has 2 aromatic rings. The minimum Gasteiger partial charge on any atom is -0.451 e. The molecule has 0 aliphatic rings. The molecule has 2 rings (SSSR count). The third-order valence-corrected chi connectivity index (χ3v) is 3.66. The smallest absolute Gasteiger partial charge is 0.271 e. The predicted molar refractivity (Wildman–Crippen MR) is 68.7 cm³/mol. The maximum absolute atomic E-state index is 11.5. The molecule has 0 spiro atoms. The number of hydrogen-bond donors (Lipinski definition) is 1. The van der Waals surface area contributed by atoms with E-state index < -0.39 is 10.0 Å². The van der Waals surface area contributed by atoms with Crippen molar-refractivity contribution in [2.75, 3.05) is 0 Å². The number of primary sulfonamides is 1. The van der Waals surface area contributed by atoms with Gasteiger partial charge >= 0.3 is 0 Å². The molecule has 0 saturated heterocycles. The summed E-state index contributed by atoms with van der Waals surface area (Å²) in [7, 11) is -3.81. The first-order chi connectivity index (χ1) is 8.52. The average Bonchev–Trinajstić information content (AvgIpc) is 2.73. The topological polar surface area (TPSA) is 73.3 Å². The van der Waals surface area contributed by atoms with Crippen LogP contribution in [-0.4, -0.2) is 8.42 Å². The second kappa shape index (κ2) is 4.96. The zero-order valence-electron chi connectivity index (χ0n) is 10.1. The van der Waals surface area contributed by atoms with Crippen molar-refractivity contribution in [1.29, 1.82) is 0 Å². The lowest BCUT2D eigenvalue weighted by molar-refractivity contribution is 0.445. The van der Waals surface area contributed by atoms with E-state index in [0.717, 1.165) is 11.1 Å². The quantitative estimate of drug-likeness (QED) is 0.919. The zero-order valence-corrected chi connectivity index (χ0v) is 10.9. The Bertz CT molecular complexity index is 630. The van der Waals surface area contributed by atoms with Crippen LogP contribution in [0.5, 0.6) is 0 Å². The fourth-order valence-electron chi connectivity index (χ4n) is 1.92. The van der Waals surface area contributed by atoms with E-state index in [1.54, 1.807) is 0 Å². The lowest BCUT2D eigenvalue weighted by atomic mass is 10.0. The van der Waals surface area contributed by atoms with Gasteiger partial charge in [0.1, 0.15) is 0 Å². The van der Waals surface area contributed by atoms with Crippen molar-refractivity contribution in [2.45, 2.75) is 24.9 Å². The molecule has 1 aromatic heterocycles. The normalized spacial score (nSPS) is 11.7. The highest BCUT2D eigenvalue weighted by Crippen LogP contribution is 2.24. The molecule has 96 valence electrons. The van der Waals surface area contributed by atoms with E-state index in [9.17, 15) is 8.42 Å². The summed E-state index contributed by atoms with van der Waals surface area (Å²) in [6, 6.07) is 9.63. The van der Waals surface area contributed by atoms with Gasteiger partial charge in [-0.25, -0.2) is 13.6 Å². The molecule has 2 N–H and O–H groups in total. The monoisotopic (exact) mass is 265 g/mol. The van der Waals surface area contributed by atoms with Crippen LogP contribution < -0.4 is 5.14 Å². The summed E-state index contributed by atoms with van der Waals surface area (Å²) in [5, 5.41) is 5.04. The standard InChI is InChI=1S/C13H15NO3S/c1-2-11-9-17-13(18(14,15)16)12(11)8-10-6-4-3-5-7-10/h3-7,9H,2,8H2,1H3,(H2,14,15,16). The van der Waals surface area contributed by atoms with Crippen molar-refractivity contribution < 1.29 is 12.8 Å². The number of benzene rings is 1. The maximum Gasteiger partial charge on any atom is 0.271 e. The fourth-order valence-corrected chi connectivity index (χ4v) is 2.65. The van der Waals surface area contributed by atoms with E-state index in [2.05, 4.69) is 0 Å². The maximum atomic E-state index is 11.5. The minimum absolute atomic E-state index is 0.122. The molecule has 4 nitrogen and oxygen atoms in total. The lowest BCUT2D eigenvalue weighted by Crippen LogP contribution is -2.13. The van der Waals surface area contributed by atoms with Gasteiger partial charge in [0.2, 0.25) is 5.09 Å². The third-order valence-electron chi connectivity index (χ3n) is 2.81. The van der Waals surface area contributed by atoms with Gasteiger partial charge in [-0.05, 0) is 17.5 Å². The Labute approximate surface area is 106 Å². The van der Waals surface area contributed by atoms with Crippen LogP contribution in [0.1, 0.15) is 23.6 Å². The molecule has 0 aliphatic carbocycles. The van der Waals surface area contributed by atoms with Gasteiger partial charge in [-0.15, -0.1) is 0 Å². The first-order valence-electron chi connectivity index (χ1n) is 5.68. The second-order valence-corrected chi connectivity index (χ2v) is 5.55. The van der Waals surface area contributed by atoms with Crippen molar-refractivity contribution in [3.63, 3.8) is 0 Å². The van der Waals surface area contributed by atoms with Crippen LogP contribution in [0.15, 0.2) is 46.1 Å². The van der Waals surface area contributed by atoms with E-state index in [4.69, 9.17) is 9.56 Å². The average molecular weight is 265 g/mol. The van der Waals surface area contributed by atoms with Crippen LogP contribution in [-0.2, 0) is 22.9 Å². The van der Waals surface area contributed by atoms with E-state index in [0.29, 0.717) is 18.4 Å². The Morgan fingerprint density at radius 3 is 2.44 bits per heavy atom. The van der Waals surface area contributed by atoms with Gasteiger partial charge in [0, 0.05) is 12.0 Å². The molecule has 5 heteroatoms. The van der Waals surface area contributed by atoms with Crippen molar-refractivity contribution >= 4 is 10.0 Å². The Morgan fingerprint density at radius 2 is 1.89 bits per heavy atom. The fraction of sp³-hybridized carbons (Fsp3) is 0.231. The molecule has 0 bridgehead atoms. The van der Waals surface area contributed by atoms with Crippen molar-refractivity contribution in [1.82, 2.24) is 0 Å². The van der Waals surface area contributed by atoms with Crippen molar-refractivity contribution in [3.05, 3.63) is 53.3 Å². The van der Waals surface area contributed by atoms with Gasteiger partial charge in [0.15, 0.2) is 0 Å². The Morgan fingerprint density at radius 1 is 1.22 bits per heavy atom. The van der Waals surface area contributed by atoms with Crippen LogP contribution >= 0.6 is 0 Å². The summed E-state index contributed by atoms with van der Waals surface area (Å²) in [4.78, 5) is 0. The highest BCUT2D eigenvalue weighted by atomic mass is 32.2. The van der Waals surface area contributed by atoms with Crippen LogP contribution in [0.3, 0.4) is 0 Å². The molecular weight excluding hydrogens is 250 g/mol. The van der Waals surface area contributed by atoms with E-state index in [1.807, 2.05) is 37.3 Å². The molecular formula is C13H15NO3S. The van der Waals surface area contributed by atoms with E-state index >= 15 is 0 Å². The zero-order chi connectivity index (χ0) is 13.2. The summed E-state index contributed by atoms with van der Waals surface area (Å²) in [5.41, 5.74) is 2.56. The molecule has 18 heavy (non-hydrogen) atoms. The van der Waals surface area contributed by atoms with Crippen molar-refractivity contribution in [3.8, 4) is 0 Å². The number of sulfonamides is 1. The molecule has 0 saturated carbocycles. The largest absolute Gasteiger partial charge is 0.451 e. The van der Waals surface area contributed by atoms with Gasteiger partial charge in [-0.1, -0.05) is 37.3 Å². The number of furan rings is 1. The van der Waals surface area contributed by atoms with E-state index in [-0.39, 0.29) is 5.09 Å². The first kappa shape index (κ1) is 12.9. The van der Waals surface area contributed by atoms with Crippen molar-refractivity contribution in [2.24, 2.45) is 5.14 Å². The molecule has 1 heterocycles. The number of nitrogens with two attached hydrogens (primary N) is 1. The number of aryl methyl sites for hydroxylation is 1. The Kier molecular flexibility index (Phi) is 3.54. The number of hydrogen-bond acceptors (Lipinski definition) is 3. The van der Waals surface area contributed by atoms with Gasteiger partial charge in [-0.2, -0.15) is 0 Å². The summed E-state index contributed by atoms with van der Waals surface area (Å²) in [6.45, 7) is 1.95. The molecule has 0 unspecified atom stereocenters. The second-order valence-electron chi connectivity index (χ2n) is 4.09. The predicted octanol–water partition coefficient (Wildman–Crippen LogP) is 2.08. The Balaban J connectivity index is 2.46. The molecule has 0 aliphatic heterocycles. The molecule has 1 aromatic carbocycles. The van der Waals surface area contributed by atoms with Gasteiger partial charge in [0.25, 0.3) is 10.0 Å². The minimum atomic E-state index is -3.81. The van der Waals surface area contributed by atoms with Crippen LogP contribution in [0, 0.1) is 0 Å². The van der Waals surface area contributed by atoms with Crippen LogP contribution in [0.25, 0.3) is 0 Å². The van der Waals surface area contributed by atoms with Gasteiger partial charge in [0.05, 0.1) is 6.26 Å². The Hall–Kier alpha value is -1.59. The first-order valence-corrected chi connectivity index (χ1v) is 7.23. The molecule has 0 atom stereocenters. The lowest BCUT2D eigenvalue weighted by Gasteiger charge is -2.04. The summed E-state index contributed by atoms with van der Waals surface area (Å²) < 4.78 is 28.0. The summed E-state index contributed by atoms with van der Waals surface area (Å²) in [5.74, 6) is 0. The molecule has 0 radical (unpaired) electrons. The summed E-state index contributed by atoms with van der Waals surface area (Å²) >= 11 is 0. The SMILES string of the molecule is CCc1coc(S(N)(=O)=O)c1Cc1ccccc1. The molecule has 0 fully saturated rings. The van der Waals surface area contributed by atoms with E-state index in [1.165, 1.54) is 6.26 Å². The summed E-state index contributed by atoms with van der Waals surface area (Å²) in [6.07, 6.45) is 2.69. The van der Waals surface area contributed by atoms with Crippen LogP contribution in [0.4, 0.5) is 0 Å². The highest BCUT2D eigenvalue weighted by Gasteiger charge is 2.21. The third kappa shape index (κ3) is 2.63. The van der Waals surface area contributed by atoms with Gasteiger partial charge in [-0.3, -0.25) is 0 Å². The van der Waals surface area contributed by atoms with Crippen LogP contribution in [0.2, 0.25) is 0 Å². The highest BCUT2D eigenvalue weighted by molar-refractivity contribution is 7.89. The van der Waals surface area contributed by atoms with Gasteiger partial charge < -0.3 is 4.42 Å².